The molecule has 0 N–H and O–H groups in total. The quantitative estimate of drug-likeness (QED) is 0.134. The molecule has 6 heteroatoms. The maximum atomic E-state index is 10.7. The lowest BCUT2D eigenvalue weighted by molar-refractivity contribution is 0.569. The highest BCUT2D eigenvalue weighted by atomic mass is 15.2. The predicted octanol–water partition coefficient (Wildman–Crippen LogP) is 34.7. The molecule has 0 spiro atoms. The summed E-state index contributed by atoms with van der Waals surface area (Å²) in [6, 6.07) is 63.2. The van der Waals surface area contributed by atoms with Gasteiger partial charge in [-0.1, -0.05) is 389 Å². The number of nitrogens with zero attached hydrogens (tertiary/aromatic N) is 5. The van der Waals surface area contributed by atoms with Gasteiger partial charge in [0.25, 0.3) is 6.71 Å². The molecule has 18 aromatic rings. The lowest BCUT2D eigenvalue weighted by atomic mass is 9.33. The van der Waals surface area contributed by atoms with Crippen molar-refractivity contribution in [3.05, 3.63) is 346 Å². The maximum Gasteiger partial charge on any atom is 0.252 e. The van der Waals surface area contributed by atoms with Gasteiger partial charge in [-0.05, 0) is 258 Å². The highest BCUT2D eigenvalue weighted by Crippen LogP contribution is 2.59. The molecule has 5 heterocycles. The first-order chi connectivity index (χ1) is 70.4. The van der Waals surface area contributed by atoms with Crippen molar-refractivity contribution in [3.63, 3.8) is 0 Å². The SMILES string of the molecule is [2H]c1c([2H])c([2H])c2c(c1[2H])c1c([2H])c([2H])c([2H])c([2H])c1n2-c1ccc2c(c1)N(c1c(-c3cc(C(C)(C)C)cc(C(C)(C)C)c3)cc(C(C)(C)C)cc1-c1ccccc1C(C)(C)C)c1cc(-n3c4c([2H])c([2H])c([2H])c([2H])c4c4c([2H])c([2H])c([2H])c([2H])c43)cc3c1B2c1ccc(-n2c4ccc(C(C)(C)C)cc4c4cc(C(C)(C)C)ccc42)cc1N3c1c(-c2ccc(C(C)(C)C)cc2)cc(C(C)(C)C)cc1-c1cc(C(C)(C)C)ccc1C(C)(C)C. The zero-order valence-corrected chi connectivity index (χ0v) is 85.3. The van der Waals surface area contributed by atoms with Crippen LogP contribution in [-0.4, -0.2) is 20.4 Å². The summed E-state index contributed by atoms with van der Waals surface area (Å²) >= 11 is 0. The number of anilines is 6. The number of benzene rings is 15. The van der Waals surface area contributed by atoms with E-state index in [1.807, 2.05) is 12.1 Å². The van der Waals surface area contributed by atoms with Crippen molar-refractivity contribution in [2.45, 2.75) is 262 Å². The Morgan fingerprint density at radius 3 is 0.934 bits per heavy atom. The molecule has 5 nitrogen and oxygen atoms in total. The third-order valence-corrected chi connectivity index (χ3v) is 28.8. The number of para-hydroxylation sites is 4. The van der Waals surface area contributed by atoms with E-state index in [9.17, 15) is 21.9 Å². The molecule has 0 atom stereocenters. The summed E-state index contributed by atoms with van der Waals surface area (Å²) in [6.45, 7) is 66.5. The molecule has 0 aliphatic carbocycles. The second kappa shape index (κ2) is 31.5. The zero-order chi connectivity index (χ0) is 111. The van der Waals surface area contributed by atoms with Gasteiger partial charge in [0.15, 0.2) is 0 Å². The van der Waals surface area contributed by atoms with E-state index < -0.39 is 141 Å². The lowest BCUT2D eigenvalue weighted by Crippen LogP contribution is -2.61. The molecule has 15 aromatic carbocycles. The monoisotopic (exact) mass is 1800 g/mol. The van der Waals surface area contributed by atoms with Crippen molar-refractivity contribution in [2.75, 3.05) is 9.80 Å². The molecule has 20 rings (SSSR count). The zero-order valence-electron chi connectivity index (χ0n) is 101. The van der Waals surface area contributed by atoms with Gasteiger partial charge < -0.3 is 23.5 Å². The van der Waals surface area contributed by atoms with Crippen molar-refractivity contribution in [2.24, 2.45) is 0 Å². The second-order valence-electron chi connectivity index (χ2n) is 48.9. The molecule has 0 unspecified atom stereocenters. The van der Waals surface area contributed by atoms with Crippen LogP contribution < -0.4 is 26.2 Å². The van der Waals surface area contributed by atoms with Crippen LogP contribution in [0.3, 0.4) is 0 Å². The van der Waals surface area contributed by atoms with E-state index in [-0.39, 0.29) is 71.2 Å². The first-order valence-electron chi connectivity index (χ1n) is 56.5. The molecule has 0 radical (unpaired) electrons. The minimum absolute atomic E-state index is 0.0882. The highest BCUT2D eigenvalue weighted by Gasteiger charge is 2.48. The van der Waals surface area contributed by atoms with Crippen LogP contribution in [0.25, 0.3) is 127 Å². The number of hydrogen-bond donors (Lipinski definition) is 0. The number of hydrogen-bond acceptors (Lipinski definition) is 2. The molecule has 0 fully saturated rings. The topological polar surface area (TPSA) is 21.3 Å². The Balaban J connectivity index is 1.12. The van der Waals surface area contributed by atoms with Gasteiger partial charge in [0.2, 0.25) is 0 Å². The Bertz CT molecular complexity index is 8710. The Labute approximate surface area is 833 Å². The van der Waals surface area contributed by atoms with Crippen molar-refractivity contribution >= 4 is 123 Å². The van der Waals surface area contributed by atoms with Crippen LogP contribution >= 0.6 is 0 Å². The molecule has 0 bridgehead atoms. The second-order valence-corrected chi connectivity index (χ2v) is 48.9. The van der Waals surface area contributed by atoms with Crippen LogP contribution in [0.15, 0.2) is 291 Å². The van der Waals surface area contributed by atoms with Gasteiger partial charge in [-0.2, -0.15) is 0 Å². The van der Waals surface area contributed by atoms with E-state index in [2.05, 4.69) is 404 Å². The Hall–Kier alpha value is -12.6. The minimum Gasteiger partial charge on any atom is -0.310 e. The number of fused-ring (bicyclic) bond motifs is 13. The average molecular weight is 1800 g/mol. The Kier molecular flexibility index (Phi) is 17.0. The summed E-state index contributed by atoms with van der Waals surface area (Å²) in [5, 5.41) is 1.68. The first-order valence-corrected chi connectivity index (χ1v) is 48.5. The van der Waals surface area contributed by atoms with E-state index in [1.54, 1.807) is 9.13 Å². The summed E-state index contributed by atoms with van der Waals surface area (Å²) in [4.78, 5) is 4.81. The summed E-state index contributed by atoms with van der Waals surface area (Å²) in [5.74, 6) is 0. The van der Waals surface area contributed by atoms with Crippen LogP contribution in [0, 0.1) is 0 Å². The third kappa shape index (κ3) is 15.4. The smallest absolute Gasteiger partial charge is 0.252 e. The van der Waals surface area contributed by atoms with Gasteiger partial charge in [-0.15, -0.1) is 0 Å². The normalized spacial score (nSPS) is 15.4. The molecular formula is C130H138BN5. The third-order valence-electron chi connectivity index (χ3n) is 28.8. The summed E-state index contributed by atoms with van der Waals surface area (Å²) in [6.07, 6.45) is 0. The van der Waals surface area contributed by atoms with E-state index in [0.717, 1.165) is 150 Å². The standard InChI is InChI=1S/C130H138BN5/c1-121(2,3)81-53-51-79(52-54-81)97-71-87(127(19,20)21)74-103(99-68-82(122(4,5)6)55-60-105(99)130(28,29)30)119(97)135-114-76-90(133-112-63-56-83(123(7,8)9)69-100(112)101-70-84(124(10,11)12)57-64-113(101)133)59-62-106(114)131-107-61-58-89(132-108-47-37-32-42-93(108)94-43-33-38-48-109(94)132)75-115(107)136(117-78-91(77-116(135)118(117)131)134-110-49-39-34-44-95(110)96-45-35-40-50-111(96)134)120-98(80-65-85(125(13,14)15)67-86(66-80)126(16,17)18)72-88(128(22,23)24)73-102(120)92-41-31-36-46-104(92)129(25,26)27/h31-78H,1-30H3/i32D,33D,34D,35D,37D,38D,39D,40D,42D,43D,44D,45D,47D,48D,49D,50D. The molecule has 2 aliphatic heterocycles. The van der Waals surface area contributed by atoms with Crippen LogP contribution in [0.2, 0.25) is 0 Å². The van der Waals surface area contributed by atoms with Crippen LogP contribution in [-0.2, 0) is 54.1 Å². The Morgan fingerprint density at radius 2 is 0.529 bits per heavy atom. The van der Waals surface area contributed by atoms with E-state index in [0.29, 0.717) is 28.4 Å². The number of rotatable bonds is 9. The molecule has 0 amide bonds. The average Bonchev–Trinajstić information content (AvgIpc) is 1.12. The van der Waals surface area contributed by atoms with Gasteiger partial charge in [0.05, 0.1) is 72.1 Å². The van der Waals surface area contributed by atoms with Crippen molar-refractivity contribution in [1.29, 1.82) is 0 Å². The lowest BCUT2D eigenvalue weighted by Gasteiger charge is -2.46. The van der Waals surface area contributed by atoms with E-state index in [4.69, 9.17) is 0 Å². The molecule has 686 valence electrons. The number of aromatic nitrogens is 3. The van der Waals surface area contributed by atoms with Gasteiger partial charge >= 0.3 is 0 Å². The maximum absolute atomic E-state index is 10.7. The summed E-state index contributed by atoms with van der Waals surface area (Å²) < 4.78 is 166. The van der Waals surface area contributed by atoms with Crippen molar-refractivity contribution in [1.82, 2.24) is 13.7 Å². The van der Waals surface area contributed by atoms with Gasteiger partial charge in [-0.3, -0.25) is 0 Å². The molecule has 3 aromatic heterocycles. The van der Waals surface area contributed by atoms with Gasteiger partial charge in [0, 0.05) is 88.7 Å². The highest BCUT2D eigenvalue weighted by molar-refractivity contribution is 7.00. The fourth-order valence-corrected chi connectivity index (χ4v) is 21.0. The summed E-state index contributed by atoms with van der Waals surface area (Å²) in [5.41, 5.74) is 22.1. The van der Waals surface area contributed by atoms with Crippen LogP contribution in [0.4, 0.5) is 34.1 Å². The van der Waals surface area contributed by atoms with Gasteiger partial charge in [-0.25, -0.2) is 0 Å². The Morgan fingerprint density at radius 1 is 0.213 bits per heavy atom. The van der Waals surface area contributed by atoms with Gasteiger partial charge in [0.1, 0.15) is 0 Å². The predicted molar refractivity (Wildman–Crippen MR) is 592 cm³/mol. The fraction of sp³-hybridized carbons (Fsp3) is 0.308. The van der Waals surface area contributed by atoms with E-state index >= 15 is 0 Å². The molecule has 0 saturated carbocycles. The van der Waals surface area contributed by atoms with Crippen molar-refractivity contribution in [3.8, 4) is 61.6 Å². The minimum atomic E-state index is -0.905. The molecule has 136 heavy (non-hydrogen) atoms. The largest absolute Gasteiger partial charge is 0.310 e. The summed E-state index contributed by atoms with van der Waals surface area (Å²) in [7, 11) is 0. The van der Waals surface area contributed by atoms with Crippen molar-refractivity contribution < 1.29 is 21.9 Å². The fourth-order valence-electron chi connectivity index (χ4n) is 21.0. The van der Waals surface area contributed by atoms with E-state index in [1.165, 1.54) is 0 Å². The first kappa shape index (κ1) is 73.7. The molecule has 0 saturated heterocycles. The van der Waals surface area contributed by atoms with Crippen LogP contribution in [0.5, 0.6) is 0 Å². The van der Waals surface area contributed by atoms with Crippen LogP contribution in [0.1, 0.15) is 285 Å². The molecular weight excluding hydrogens is 1640 g/mol. The molecule has 2 aliphatic rings.